The zero-order chi connectivity index (χ0) is 16.7. The van der Waals surface area contributed by atoms with Crippen molar-refractivity contribution in [3.05, 3.63) is 56.7 Å². The van der Waals surface area contributed by atoms with Crippen LogP contribution in [0.4, 0.5) is 0 Å². The molecule has 0 atom stereocenters. The molecular weight excluding hydrogens is 298 g/mol. The third-order valence-electron chi connectivity index (χ3n) is 3.77. The van der Waals surface area contributed by atoms with Crippen molar-refractivity contribution in [1.29, 1.82) is 0 Å². The molecule has 0 aliphatic rings. The Morgan fingerprint density at radius 3 is 2.65 bits per heavy atom. The second-order valence-electron chi connectivity index (χ2n) is 5.53. The average molecular weight is 313 g/mol. The molecule has 0 bridgehead atoms. The monoisotopic (exact) mass is 313 g/mol. The number of hydrogen-bond acceptors (Lipinski definition) is 5. The van der Waals surface area contributed by atoms with Crippen LogP contribution in [0.15, 0.2) is 27.4 Å². The Hall–Kier alpha value is -2.96. The fourth-order valence-electron chi connectivity index (χ4n) is 2.77. The van der Waals surface area contributed by atoms with Crippen LogP contribution < -0.4 is 5.63 Å². The molecule has 0 spiro atoms. The summed E-state index contributed by atoms with van der Waals surface area (Å²) in [7, 11) is 0. The van der Waals surface area contributed by atoms with E-state index in [0.717, 1.165) is 22.1 Å². The van der Waals surface area contributed by atoms with Crippen molar-refractivity contribution in [2.45, 2.75) is 27.3 Å². The van der Waals surface area contributed by atoms with Gasteiger partial charge in [-0.15, -0.1) is 5.10 Å². The minimum atomic E-state index is -1.13. The zero-order valence-corrected chi connectivity index (χ0v) is 13.0. The minimum absolute atomic E-state index is 0.0927. The highest BCUT2D eigenvalue weighted by molar-refractivity contribution is 5.86. The lowest BCUT2D eigenvalue weighted by atomic mass is 10.0. The number of carboxylic acids is 1. The number of benzene rings is 1. The second kappa shape index (κ2) is 5.35. The number of carboxylic acid groups (broad SMARTS) is 1. The summed E-state index contributed by atoms with van der Waals surface area (Å²) in [5.41, 5.74) is 3.11. The smallest absolute Gasteiger partial charge is 0.358 e. The van der Waals surface area contributed by atoms with Crippen LogP contribution in [0, 0.1) is 20.8 Å². The highest BCUT2D eigenvalue weighted by Crippen LogP contribution is 2.24. The van der Waals surface area contributed by atoms with Crippen molar-refractivity contribution in [2.75, 3.05) is 0 Å². The number of hydrogen-bond donors (Lipinski definition) is 1. The van der Waals surface area contributed by atoms with Gasteiger partial charge in [0.1, 0.15) is 5.58 Å². The van der Waals surface area contributed by atoms with Crippen LogP contribution >= 0.6 is 0 Å². The summed E-state index contributed by atoms with van der Waals surface area (Å²) in [6.45, 7) is 5.75. The molecule has 7 nitrogen and oxygen atoms in total. The van der Waals surface area contributed by atoms with E-state index in [4.69, 9.17) is 9.52 Å². The van der Waals surface area contributed by atoms with Gasteiger partial charge in [0.25, 0.3) is 0 Å². The van der Waals surface area contributed by atoms with Gasteiger partial charge < -0.3 is 9.52 Å². The lowest BCUT2D eigenvalue weighted by Gasteiger charge is -2.10. The molecule has 0 unspecified atom stereocenters. The highest BCUT2D eigenvalue weighted by atomic mass is 16.4. The number of nitrogens with zero attached hydrogens (tertiary/aromatic N) is 3. The van der Waals surface area contributed by atoms with Crippen molar-refractivity contribution in [1.82, 2.24) is 15.0 Å². The summed E-state index contributed by atoms with van der Waals surface area (Å²) >= 11 is 0. The number of carbonyl (C=O) groups is 1. The summed E-state index contributed by atoms with van der Waals surface area (Å²) in [5.74, 6) is -1.13. The van der Waals surface area contributed by atoms with Crippen LogP contribution in [0.1, 0.15) is 32.9 Å². The van der Waals surface area contributed by atoms with Crippen LogP contribution in [0.3, 0.4) is 0 Å². The van der Waals surface area contributed by atoms with Crippen LogP contribution in [0.5, 0.6) is 0 Å². The van der Waals surface area contributed by atoms with Crippen molar-refractivity contribution < 1.29 is 14.3 Å². The number of aromatic carboxylic acids is 1. The van der Waals surface area contributed by atoms with Gasteiger partial charge in [-0.1, -0.05) is 11.3 Å². The summed E-state index contributed by atoms with van der Waals surface area (Å²) in [6, 6.07) is 5.22. The molecule has 1 aromatic carbocycles. The molecule has 0 aliphatic heterocycles. The molecule has 3 rings (SSSR count). The molecule has 2 heterocycles. The fraction of sp³-hybridized carbons (Fsp3) is 0.250. The van der Waals surface area contributed by atoms with E-state index in [1.54, 1.807) is 6.92 Å². The molecule has 0 aliphatic carbocycles. The van der Waals surface area contributed by atoms with E-state index in [9.17, 15) is 9.59 Å². The molecule has 23 heavy (non-hydrogen) atoms. The fourth-order valence-corrected chi connectivity index (χ4v) is 2.77. The third kappa shape index (κ3) is 2.61. The molecular formula is C16H15N3O4. The summed E-state index contributed by atoms with van der Waals surface area (Å²) < 4.78 is 6.75. The summed E-state index contributed by atoms with van der Waals surface area (Å²) in [4.78, 5) is 22.9. The molecule has 1 N–H and O–H groups in total. The lowest BCUT2D eigenvalue weighted by molar-refractivity contribution is 0.0689. The zero-order valence-electron chi connectivity index (χ0n) is 13.0. The van der Waals surface area contributed by atoms with Crippen LogP contribution in [0.2, 0.25) is 0 Å². The topological polar surface area (TPSA) is 98.2 Å². The number of rotatable bonds is 3. The number of aromatic nitrogens is 3. The second-order valence-corrected chi connectivity index (χ2v) is 5.53. The molecule has 118 valence electrons. The molecule has 3 aromatic rings. The molecule has 0 saturated heterocycles. The predicted octanol–water partition coefficient (Wildman–Crippen LogP) is 2.06. The molecule has 0 fully saturated rings. The first-order valence-electron chi connectivity index (χ1n) is 7.04. The first-order valence-corrected chi connectivity index (χ1v) is 7.04. The van der Waals surface area contributed by atoms with Gasteiger partial charge >= 0.3 is 11.6 Å². The maximum atomic E-state index is 11.8. The number of aryl methyl sites for hydroxylation is 2. The molecule has 0 saturated carbocycles. The molecule has 7 heteroatoms. The van der Waals surface area contributed by atoms with Crippen LogP contribution in [-0.4, -0.2) is 26.1 Å². The Morgan fingerprint density at radius 2 is 2.00 bits per heavy atom. The van der Waals surface area contributed by atoms with Crippen molar-refractivity contribution in [3.8, 4) is 0 Å². The molecule has 0 amide bonds. The Balaban J connectivity index is 2.17. The van der Waals surface area contributed by atoms with Crippen molar-refractivity contribution in [2.24, 2.45) is 0 Å². The molecule has 0 radical (unpaired) electrons. The maximum absolute atomic E-state index is 11.8. The normalized spacial score (nSPS) is 11.1. The maximum Gasteiger partial charge on any atom is 0.358 e. The van der Waals surface area contributed by atoms with Gasteiger partial charge in [-0.05, 0) is 43.5 Å². The van der Waals surface area contributed by atoms with Crippen molar-refractivity contribution in [3.63, 3.8) is 0 Å². The number of fused-ring (bicyclic) bond motifs is 1. The van der Waals surface area contributed by atoms with Crippen molar-refractivity contribution >= 4 is 16.9 Å². The predicted molar refractivity (Wildman–Crippen MR) is 82.8 cm³/mol. The van der Waals surface area contributed by atoms with E-state index in [1.807, 2.05) is 26.0 Å². The summed E-state index contributed by atoms with van der Waals surface area (Å²) in [6.07, 6.45) is 0. The minimum Gasteiger partial charge on any atom is -0.476 e. The first-order chi connectivity index (χ1) is 10.9. The Labute approximate surface area is 131 Å². The van der Waals surface area contributed by atoms with Gasteiger partial charge in [0.2, 0.25) is 0 Å². The van der Waals surface area contributed by atoms with Crippen LogP contribution in [-0.2, 0) is 6.54 Å². The van der Waals surface area contributed by atoms with Gasteiger partial charge in [0, 0.05) is 11.5 Å². The van der Waals surface area contributed by atoms with E-state index in [1.165, 1.54) is 10.7 Å². The Bertz CT molecular complexity index is 985. The Morgan fingerprint density at radius 1 is 1.26 bits per heavy atom. The van der Waals surface area contributed by atoms with Crippen LogP contribution in [0.25, 0.3) is 11.0 Å². The van der Waals surface area contributed by atoms with E-state index in [0.29, 0.717) is 11.3 Å². The van der Waals surface area contributed by atoms with Gasteiger partial charge in [-0.2, -0.15) is 0 Å². The molecule has 2 aromatic heterocycles. The van der Waals surface area contributed by atoms with Gasteiger partial charge in [-0.3, -0.25) is 0 Å². The SMILES string of the molecule is Cc1cc(C)c2c(Cn3nnc(C(=O)O)c3C)cc(=O)oc2c1. The van der Waals surface area contributed by atoms with E-state index in [-0.39, 0.29) is 12.2 Å². The third-order valence-corrected chi connectivity index (χ3v) is 3.77. The standard InChI is InChI=1S/C16H15N3O4/c1-8-4-9(2)14-11(6-13(20)23-12(14)5-8)7-19-10(3)15(16(21)22)17-18-19/h4-6H,7H2,1-3H3,(H,21,22). The lowest BCUT2D eigenvalue weighted by Crippen LogP contribution is -2.09. The largest absolute Gasteiger partial charge is 0.476 e. The quantitative estimate of drug-likeness (QED) is 0.743. The van der Waals surface area contributed by atoms with Gasteiger partial charge in [0.15, 0.2) is 5.69 Å². The highest BCUT2D eigenvalue weighted by Gasteiger charge is 2.17. The average Bonchev–Trinajstić information content (AvgIpc) is 2.78. The van der Waals surface area contributed by atoms with E-state index < -0.39 is 11.6 Å². The van der Waals surface area contributed by atoms with Gasteiger partial charge in [0.05, 0.1) is 12.2 Å². The van der Waals surface area contributed by atoms with E-state index >= 15 is 0 Å². The van der Waals surface area contributed by atoms with E-state index in [2.05, 4.69) is 10.3 Å². The Kier molecular flexibility index (Phi) is 3.48. The first kappa shape index (κ1) is 15.0. The summed E-state index contributed by atoms with van der Waals surface area (Å²) in [5, 5.41) is 17.4. The van der Waals surface area contributed by atoms with Gasteiger partial charge in [-0.25, -0.2) is 14.3 Å².